The summed E-state index contributed by atoms with van der Waals surface area (Å²) >= 11 is 0. The Balaban J connectivity index is 1.79. The van der Waals surface area contributed by atoms with Gasteiger partial charge in [-0.25, -0.2) is 4.98 Å². The Morgan fingerprint density at radius 2 is 1.96 bits per heavy atom. The second-order valence-corrected chi connectivity index (χ2v) is 5.10. The van der Waals surface area contributed by atoms with Gasteiger partial charge in [-0.05, 0) is 29.8 Å². The number of carbonyl (C=O) groups is 1. The molecule has 0 radical (unpaired) electrons. The summed E-state index contributed by atoms with van der Waals surface area (Å²) in [5.41, 5.74) is 2.51. The zero-order chi connectivity index (χ0) is 17.1. The van der Waals surface area contributed by atoms with Gasteiger partial charge in [0.15, 0.2) is 5.58 Å². The van der Waals surface area contributed by atoms with Crippen molar-refractivity contribution < 1.29 is 14.1 Å². The number of nitrogens with zero attached hydrogens (tertiary/aromatic N) is 2. The van der Waals surface area contributed by atoms with Crippen molar-refractivity contribution in [1.82, 2.24) is 4.98 Å². The lowest BCUT2D eigenvalue weighted by Crippen LogP contribution is -2.05. The van der Waals surface area contributed by atoms with E-state index in [9.17, 15) is 14.9 Å². The summed E-state index contributed by atoms with van der Waals surface area (Å²) in [6.45, 7) is 1.45. The lowest BCUT2D eigenvalue weighted by atomic mass is 10.2. The maximum absolute atomic E-state index is 11.0. The summed E-state index contributed by atoms with van der Waals surface area (Å²) in [4.78, 5) is 25.5. The average molecular weight is 323 g/mol. The summed E-state index contributed by atoms with van der Waals surface area (Å²) in [7, 11) is 0. The second-order valence-electron chi connectivity index (χ2n) is 5.10. The molecule has 24 heavy (non-hydrogen) atoms. The Bertz CT molecular complexity index is 942. The van der Waals surface area contributed by atoms with Crippen LogP contribution in [-0.2, 0) is 4.79 Å². The number of carbonyl (C=O) groups excluding carboxylic acids is 1. The molecule has 7 nitrogen and oxygen atoms in total. The maximum Gasteiger partial charge on any atom is 0.271 e. The largest absolute Gasteiger partial charge is 0.437 e. The van der Waals surface area contributed by atoms with E-state index < -0.39 is 4.92 Å². The third kappa shape index (κ3) is 3.46. The van der Waals surface area contributed by atoms with Crippen molar-refractivity contribution in [3.63, 3.8) is 0 Å². The predicted octanol–water partition coefficient (Wildman–Crippen LogP) is 3.86. The lowest BCUT2D eigenvalue weighted by Gasteiger charge is -2.01. The minimum atomic E-state index is -0.472. The van der Waals surface area contributed by atoms with Gasteiger partial charge in [0.2, 0.25) is 11.8 Å². The number of nitro benzene ring substituents is 1. The third-order valence-electron chi connectivity index (χ3n) is 3.25. The molecule has 1 heterocycles. The SMILES string of the molecule is CC(=O)Nc1ccc(/C=C/c2nc3cc([N+](=O)[O-])ccc3o2)cc1. The highest BCUT2D eigenvalue weighted by atomic mass is 16.6. The molecule has 0 atom stereocenters. The Labute approximate surface area is 136 Å². The Kier molecular flexibility index (Phi) is 4.07. The van der Waals surface area contributed by atoms with E-state index in [0.29, 0.717) is 22.7 Å². The quantitative estimate of drug-likeness (QED) is 0.580. The first-order valence-electron chi connectivity index (χ1n) is 7.12. The zero-order valence-electron chi connectivity index (χ0n) is 12.7. The van der Waals surface area contributed by atoms with Crippen molar-refractivity contribution in [3.8, 4) is 0 Å². The molecule has 0 spiro atoms. The first kappa shape index (κ1) is 15.4. The molecule has 0 fully saturated rings. The second kappa shape index (κ2) is 6.33. The summed E-state index contributed by atoms with van der Waals surface area (Å²) in [6.07, 6.45) is 3.48. The van der Waals surface area contributed by atoms with Gasteiger partial charge in [0.1, 0.15) is 5.52 Å². The molecule has 7 heteroatoms. The van der Waals surface area contributed by atoms with Crippen LogP contribution in [0.1, 0.15) is 18.4 Å². The zero-order valence-corrected chi connectivity index (χ0v) is 12.7. The highest BCUT2D eigenvalue weighted by molar-refractivity contribution is 5.88. The van der Waals surface area contributed by atoms with E-state index in [-0.39, 0.29) is 11.6 Å². The highest BCUT2D eigenvalue weighted by Crippen LogP contribution is 2.22. The number of benzene rings is 2. The normalized spacial score (nSPS) is 11.0. The molecule has 0 unspecified atom stereocenters. The van der Waals surface area contributed by atoms with Crippen molar-refractivity contribution in [3.05, 3.63) is 64.0 Å². The smallest absolute Gasteiger partial charge is 0.271 e. The van der Waals surface area contributed by atoms with Crippen molar-refractivity contribution in [2.24, 2.45) is 0 Å². The van der Waals surface area contributed by atoms with Gasteiger partial charge in [-0.1, -0.05) is 12.1 Å². The van der Waals surface area contributed by atoms with Crippen molar-refractivity contribution in [1.29, 1.82) is 0 Å². The van der Waals surface area contributed by atoms with E-state index in [1.807, 2.05) is 12.1 Å². The number of hydrogen-bond donors (Lipinski definition) is 1. The van der Waals surface area contributed by atoms with Crippen LogP contribution in [0.2, 0.25) is 0 Å². The number of fused-ring (bicyclic) bond motifs is 1. The van der Waals surface area contributed by atoms with Crippen LogP contribution >= 0.6 is 0 Å². The van der Waals surface area contributed by atoms with E-state index in [0.717, 1.165) is 5.56 Å². The summed E-state index contributed by atoms with van der Waals surface area (Å²) < 4.78 is 5.52. The molecule has 0 saturated heterocycles. The highest BCUT2D eigenvalue weighted by Gasteiger charge is 2.10. The molecule has 0 aliphatic rings. The van der Waals surface area contributed by atoms with Gasteiger partial charge in [-0.3, -0.25) is 14.9 Å². The topological polar surface area (TPSA) is 98.3 Å². The molecule has 1 aromatic heterocycles. The maximum atomic E-state index is 11.0. The number of anilines is 1. The van der Waals surface area contributed by atoms with Crippen LogP contribution in [-0.4, -0.2) is 15.8 Å². The van der Waals surface area contributed by atoms with Crippen molar-refractivity contribution >= 4 is 40.5 Å². The monoisotopic (exact) mass is 323 g/mol. The molecule has 1 N–H and O–H groups in total. The molecular formula is C17H13N3O4. The molecule has 0 aliphatic heterocycles. The van der Waals surface area contributed by atoms with Gasteiger partial charge in [0, 0.05) is 30.8 Å². The van der Waals surface area contributed by atoms with E-state index >= 15 is 0 Å². The minimum absolute atomic E-state index is 0.0279. The Hall–Kier alpha value is -3.48. The number of nitro groups is 1. The summed E-state index contributed by atoms with van der Waals surface area (Å²) in [5, 5.41) is 13.5. The predicted molar refractivity (Wildman–Crippen MR) is 90.3 cm³/mol. The molecular weight excluding hydrogens is 310 g/mol. The standard InChI is InChI=1S/C17H13N3O4/c1-11(21)18-13-5-2-12(3-6-13)4-9-17-19-15-10-14(20(22)23)7-8-16(15)24-17/h2-10H,1H3,(H,18,21)/b9-4+. The summed E-state index contributed by atoms with van der Waals surface area (Å²) in [6, 6.07) is 11.5. The molecule has 0 saturated carbocycles. The van der Waals surface area contributed by atoms with E-state index in [1.165, 1.54) is 25.1 Å². The number of aromatic nitrogens is 1. The molecule has 3 rings (SSSR count). The molecule has 0 bridgehead atoms. The lowest BCUT2D eigenvalue weighted by molar-refractivity contribution is -0.384. The van der Waals surface area contributed by atoms with Crippen LogP contribution in [0, 0.1) is 10.1 Å². The van der Waals surface area contributed by atoms with Gasteiger partial charge >= 0.3 is 0 Å². The van der Waals surface area contributed by atoms with Crippen LogP contribution < -0.4 is 5.32 Å². The molecule has 1 amide bonds. The number of rotatable bonds is 4. The van der Waals surface area contributed by atoms with Crippen LogP contribution in [0.5, 0.6) is 0 Å². The van der Waals surface area contributed by atoms with Crippen molar-refractivity contribution in [2.75, 3.05) is 5.32 Å². The van der Waals surface area contributed by atoms with Crippen LogP contribution in [0.25, 0.3) is 23.3 Å². The third-order valence-corrected chi connectivity index (χ3v) is 3.25. The van der Waals surface area contributed by atoms with Crippen LogP contribution in [0.15, 0.2) is 46.9 Å². The fourth-order valence-corrected chi connectivity index (χ4v) is 2.17. The number of non-ortho nitro benzene ring substituents is 1. The van der Waals surface area contributed by atoms with Gasteiger partial charge in [-0.15, -0.1) is 0 Å². The first-order valence-corrected chi connectivity index (χ1v) is 7.12. The fourth-order valence-electron chi connectivity index (χ4n) is 2.17. The Morgan fingerprint density at radius 3 is 2.62 bits per heavy atom. The number of hydrogen-bond acceptors (Lipinski definition) is 5. The minimum Gasteiger partial charge on any atom is -0.437 e. The fraction of sp³-hybridized carbons (Fsp3) is 0.0588. The van der Waals surface area contributed by atoms with Gasteiger partial charge in [0.25, 0.3) is 5.69 Å². The molecule has 120 valence electrons. The molecule has 2 aromatic carbocycles. The first-order chi connectivity index (χ1) is 11.5. The van der Waals surface area contributed by atoms with Gasteiger partial charge in [-0.2, -0.15) is 0 Å². The van der Waals surface area contributed by atoms with E-state index in [1.54, 1.807) is 24.3 Å². The number of amides is 1. The Morgan fingerprint density at radius 1 is 1.21 bits per heavy atom. The summed E-state index contributed by atoms with van der Waals surface area (Å²) in [5.74, 6) is 0.232. The van der Waals surface area contributed by atoms with Gasteiger partial charge < -0.3 is 9.73 Å². The molecule has 3 aromatic rings. The van der Waals surface area contributed by atoms with E-state index in [2.05, 4.69) is 10.3 Å². The van der Waals surface area contributed by atoms with Crippen LogP contribution in [0.4, 0.5) is 11.4 Å². The van der Waals surface area contributed by atoms with Crippen molar-refractivity contribution in [2.45, 2.75) is 6.92 Å². The number of oxazole rings is 1. The van der Waals surface area contributed by atoms with Gasteiger partial charge in [0.05, 0.1) is 4.92 Å². The average Bonchev–Trinajstić information content (AvgIpc) is 2.95. The van der Waals surface area contributed by atoms with Crippen LogP contribution in [0.3, 0.4) is 0 Å². The molecule has 0 aliphatic carbocycles. The van der Waals surface area contributed by atoms with E-state index in [4.69, 9.17) is 4.42 Å². The number of nitrogens with one attached hydrogen (secondary N) is 1.